The molecule has 4 aromatic rings. The number of halogens is 1. The van der Waals surface area contributed by atoms with Crippen LogP contribution in [-0.2, 0) is 15.6 Å². The van der Waals surface area contributed by atoms with E-state index < -0.39 is 9.84 Å². The minimum atomic E-state index is -3.61. The van der Waals surface area contributed by atoms with Crippen molar-refractivity contribution in [3.8, 4) is 23.1 Å². The molecule has 0 unspecified atom stereocenters. The van der Waals surface area contributed by atoms with Crippen LogP contribution in [-0.4, -0.2) is 25.7 Å². The molecule has 0 saturated heterocycles. The molecule has 30 heavy (non-hydrogen) atoms. The van der Waals surface area contributed by atoms with Crippen molar-refractivity contribution in [2.75, 3.05) is 7.11 Å². The van der Waals surface area contributed by atoms with Gasteiger partial charge in [0.25, 0.3) is 0 Å². The molecule has 0 atom stereocenters. The van der Waals surface area contributed by atoms with E-state index in [1.807, 2.05) is 6.07 Å². The second-order valence-electron chi connectivity index (χ2n) is 6.44. The zero-order valence-corrected chi connectivity index (χ0v) is 17.2. The number of rotatable bonds is 5. The van der Waals surface area contributed by atoms with E-state index in [-0.39, 0.29) is 21.2 Å². The normalized spacial score (nSPS) is 11.4. The van der Waals surface area contributed by atoms with Gasteiger partial charge in [0.05, 0.1) is 34.0 Å². The third-order valence-corrected chi connectivity index (χ3v) is 6.55. The van der Waals surface area contributed by atoms with Crippen molar-refractivity contribution in [2.45, 2.75) is 10.6 Å². The van der Waals surface area contributed by atoms with Crippen molar-refractivity contribution in [3.63, 3.8) is 0 Å². The Bertz CT molecular complexity index is 1390. The standard InChI is InChI=1S/C21H14ClN3O4S/c1-28-20-10-19(22)14(11-23)9-18(20)21-17-3-2-16(8-13(17)4-6-24-21)30(26,27)12-15-5-7-29-25-15/h2-10H,12H2,1H3. The molecule has 2 aromatic carbocycles. The predicted molar refractivity (Wildman–Crippen MR) is 111 cm³/mol. The number of nitriles is 1. The number of fused-ring (bicyclic) bond motifs is 1. The highest BCUT2D eigenvalue weighted by Crippen LogP contribution is 2.37. The summed E-state index contributed by atoms with van der Waals surface area (Å²) in [6.07, 6.45) is 2.91. The number of sulfone groups is 1. The van der Waals surface area contributed by atoms with Gasteiger partial charge in [0.1, 0.15) is 23.8 Å². The Morgan fingerprint density at radius 3 is 2.73 bits per heavy atom. The number of nitrogens with zero attached hydrogens (tertiary/aromatic N) is 3. The van der Waals surface area contributed by atoms with Gasteiger partial charge in [-0.1, -0.05) is 22.8 Å². The van der Waals surface area contributed by atoms with Crippen molar-refractivity contribution in [2.24, 2.45) is 0 Å². The molecule has 9 heteroatoms. The Labute approximate surface area is 177 Å². The molecule has 0 N–H and O–H groups in total. The second-order valence-corrected chi connectivity index (χ2v) is 8.83. The monoisotopic (exact) mass is 439 g/mol. The van der Waals surface area contributed by atoms with Crippen molar-refractivity contribution >= 4 is 32.2 Å². The first-order chi connectivity index (χ1) is 14.4. The molecule has 0 aliphatic rings. The molecular weight excluding hydrogens is 426 g/mol. The molecule has 0 bridgehead atoms. The third-order valence-electron chi connectivity index (χ3n) is 4.59. The van der Waals surface area contributed by atoms with Crippen LogP contribution in [0.5, 0.6) is 5.75 Å². The fourth-order valence-corrected chi connectivity index (χ4v) is 4.63. The van der Waals surface area contributed by atoms with Gasteiger partial charge in [0, 0.05) is 29.3 Å². The molecule has 4 rings (SSSR count). The quantitative estimate of drug-likeness (QED) is 0.453. The summed E-state index contributed by atoms with van der Waals surface area (Å²) < 4.78 is 35.6. The fourth-order valence-electron chi connectivity index (χ4n) is 3.15. The SMILES string of the molecule is COc1cc(Cl)c(C#N)cc1-c1nccc2cc(S(=O)(=O)Cc3ccon3)ccc12. The van der Waals surface area contributed by atoms with Gasteiger partial charge >= 0.3 is 0 Å². The van der Waals surface area contributed by atoms with Gasteiger partial charge in [-0.3, -0.25) is 4.98 Å². The van der Waals surface area contributed by atoms with Crippen molar-refractivity contribution in [1.29, 1.82) is 5.26 Å². The van der Waals surface area contributed by atoms with E-state index in [1.54, 1.807) is 36.5 Å². The maximum absolute atomic E-state index is 12.8. The van der Waals surface area contributed by atoms with Crippen LogP contribution in [0.1, 0.15) is 11.3 Å². The maximum Gasteiger partial charge on any atom is 0.184 e. The molecule has 150 valence electrons. The summed E-state index contributed by atoms with van der Waals surface area (Å²) in [5, 5.41) is 14.7. The van der Waals surface area contributed by atoms with E-state index in [0.717, 1.165) is 0 Å². The molecule has 0 aliphatic heterocycles. The van der Waals surface area contributed by atoms with Crippen LogP contribution in [0, 0.1) is 11.3 Å². The number of benzene rings is 2. The molecule has 0 spiro atoms. The van der Waals surface area contributed by atoms with E-state index in [4.69, 9.17) is 20.9 Å². The fraction of sp³-hybridized carbons (Fsp3) is 0.0952. The van der Waals surface area contributed by atoms with Crippen LogP contribution in [0.25, 0.3) is 22.0 Å². The molecule has 0 radical (unpaired) electrons. The highest BCUT2D eigenvalue weighted by molar-refractivity contribution is 7.90. The van der Waals surface area contributed by atoms with Crippen LogP contribution in [0.4, 0.5) is 0 Å². The lowest BCUT2D eigenvalue weighted by Crippen LogP contribution is -2.05. The lowest BCUT2D eigenvalue weighted by atomic mass is 10.0. The Morgan fingerprint density at radius 2 is 2.03 bits per heavy atom. The zero-order chi connectivity index (χ0) is 21.3. The van der Waals surface area contributed by atoms with Gasteiger partial charge in [-0.05, 0) is 29.7 Å². The van der Waals surface area contributed by atoms with Gasteiger partial charge in [-0.25, -0.2) is 8.42 Å². The Hall–Kier alpha value is -3.41. The Balaban J connectivity index is 1.85. The molecule has 0 fully saturated rings. The first kappa shape index (κ1) is 19.9. The van der Waals surface area contributed by atoms with Gasteiger partial charge in [0.2, 0.25) is 0 Å². The minimum Gasteiger partial charge on any atom is -0.496 e. The largest absolute Gasteiger partial charge is 0.496 e. The van der Waals surface area contributed by atoms with Gasteiger partial charge in [-0.15, -0.1) is 0 Å². The van der Waals surface area contributed by atoms with E-state index in [0.29, 0.717) is 33.5 Å². The molecule has 7 nitrogen and oxygen atoms in total. The molecule has 0 amide bonds. The smallest absolute Gasteiger partial charge is 0.184 e. The number of aromatic nitrogens is 2. The summed E-state index contributed by atoms with van der Waals surface area (Å²) >= 11 is 6.11. The zero-order valence-electron chi connectivity index (χ0n) is 15.7. The van der Waals surface area contributed by atoms with Crippen LogP contribution in [0.2, 0.25) is 5.02 Å². The molecule has 2 heterocycles. The number of pyridine rings is 1. The summed E-state index contributed by atoms with van der Waals surface area (Å²) in [4.78, 5) is 4.60. The topological polar surface area (TPSA) is 106 Å². The number of methoxy groups -OCH3 is 1. The summed E-state index contributed by atoms with van der Waals surface area (Å²) in [5.74, 6) is 0.200. The lowest BCUT2D eigenvalue weighted by molar-refractivity contribution is 0.413. The molecular formula is C21H14ClN3O4S. The van der Waals surface area contributed by atoms with E-state index in [9.17, 15) is 13.7 Å². The summed E-state index contributed by atoms with van der Waals surface area (Å²) in [6.45, 7) is 0. The van der Waals surface area contributed by atoms with E-state index in [1.165, 1.54) is 25.5 Å². The van der Waals surface area contributed by atoms with Gasteiger partial charge in [0.15, 0.2) is 9.84 Å². The van der Waals surface area contributed by atoms with Crippen LogP contribution in [0.15, 0.2) is 64.3 Å². The average Bonchev–Trinajstić information content (AvgIpc) is 3.25. The summed E-state index contributed by atoms with van der Waals surface area (Å²) in [7, 11) is -2.11. The highest BCUT2D eigenvalue weighted by Gasteiger charge is 2.19. The second kappa shape index (κ2) is 7.78. The molecule has 2 aromatic heterocycles. The summed E-state index contributed by atoms with van der Waals surface area (Å²) in [5.41, 5.74) is 1.76. The number of hydrogen-bond acceptors (Lipinski definition) is 7. The molecule has 0 saturated carbocycles. The predicted octanol–water partition coefficient (Wildman–Crippen LogP) is 4.40. The lowest BCUT2D eigenvalue weighted by Gasteiger charge is -2.12. The van der Waals surface area contributed by atoms with Crippen LogP contribution >= 0.6 is 11.6 Å². The first-order valence-electron chi connectivity index (χ1n) is 8.72. The Kier molecular flexibility index (Phi) is 5.16. The maximum atomic E-state index is 12.8. The number of hydrogen-bond donors (Lipinski definition) is 0. The van der Waals surface area contributed by atoms with E-state index in [2.05, 4.69) is 10.1 Å². The average molecular weight is 440 g/mol. The summed E-state index contributed by atoms with van der Waals surface area (Å²) in [6, 6.07) is 13.3. The first-order valence-corrected chi connectivity index (χ1v) is 10.7. The highest BCUT2D eigenvalue weighted by atomic mass is 35.5. The van der Waals surface area contributed by atoms with Crippen molar-refractivity contribution in [3.05, 3.63) is 71.2 Å². The third kappa shape index (κ3) is 3.61. The van der Waals surface area contributed by atoms with Crippen LogP contribution in [0.3, 0.4) is 0 Å². The van der Waals surface area contributed by atoms with Gasteiger partial charge in [-0.2, -0.15) is 5.26 Å². The number of ether oxygens (including phenoxy) is 1. The van der Waals surface area contributed by atoms with Gasteiger partial charge < -0.3 is 9.26 Å². The van der Waals surface area contributed by atoms with E-state index >= 15 is 0 Å². The van der Waals surface area contributed by atoms with Crippen molar-refractivity contribution < 1.29 is 17.7 Å². The Morgan fingerprint density at radius 1 is 1.20 bits per heavy atom. The molecule has 0 aliphatic carbocycles. The van der Waals surface area contributed by atoms with Crippen molar-refractivity contribution in [1.82, 2.24) is 10.1 Å². The van der Waals surface area contributed by atoms with Crippen LogP contribution < -0.4 is 4.74 Å². The minimum absolute atomic E-state index is 0.163.